The van der Waals surface area contributed by atoms with Gasteiger partial charge in [0.15, 0.2) is 0 Å². The van der Waals surface area contributed by atoms with Gasteiger partial charge in [-0.1, -0.05) is 4.21 Å². The lowest BCUT2D eigenvalue weighted by atomic mass is 12.0. The lowest BCUT2D eigenvalue weighted by Crippen LogP contribution is -2.12. The van der Waals surface area contributed by atoms with Gasteiger partial charge in [0, 0.05) is 20.0 Å². The molecule has 13 heavy (non-hydrogen) atoms. The molecule has 0 spiro atoms. The monoisotopic (exact) mass is 251 g/mol. The molecule has 0 heterocycles. The normalized spacial score (nSPS) is 26.1. The van der Waals surface area contributed by atoms with E-state index >= 15 is 0 Å². The average Bonchev–Trinajstić information content (AvgIpc) is 1.44. The van der Waals surface area contributed by atoms with Crippen LogP contribution in [0, 0.1) is 0 Å². The second-order valence-electron chi connectivity index (χ2n) is 2.77. The number of nitrogens with zero attached hydrogens (tertiary/aromatic N) is 1. The fraction of sp³-hybridized carbons (Fsp3) is 1.00. The summed E-state index contributed by atoms with van der Waals surface area (Å²) in [5.41, 5.74) is 0. The zero-order valence-electron chi connectivity index (χ0n) is 7.36. The summed E-state index contributed by atoms with van der Waals surface area (Å²) < 4.78 is 33.0. The molecule has 0 aromatic heterocycles. The van der Waals surface area contributed by atoms with Crippen LogP contribution in [0.25, 0.3) is 0 Å². The van der Waals surface area contributed by atoms with Crippen molar-refractivity contribution in [2.24, 2.45) is 0 Å². The minimum Gasteiger partial charge on any atom is -0.333 e. The Labute approximate surface area is 75.9 Å². The van der Waals surface area contributed by atoms with Crippen LogP contribution in [0.4, 0.5) is 0 Å². The number of rotatable bonds is 3. The smallest absolute Gasteiger partial charge is 0.282 e. The Morgan fingerprint density at radius 3 is 0.923 bits per heavy atom. The number of hydrogen-bond acceptors (Lipinski definition) is 3. The van der Waals surface area contributed by atoms with E-state index in [0.717, 1.165) is 20.0 Å². The van der Waals surface area contributed by atoms with Crippen molar-refractivity contribution in [1.29, 1.82) is 0 Å². The molecule has 0 radical (unpaired) electrons. The van der Waals surface area contributed by atoms with Crippen LogP contribution in [0.2, 0.25) is 0 Å². The lowest BCUT2D eigenvalue weighted by molar-refractivity contribution is 0.398. The van der Waals surface area contributed by atoms with E-state index in [1.807, 2.05) is 0 Å². The molecule has 0 saturated carbocycles. The second-order valence-corrected chi connectivity index (χ2v) is 9.93. The van der Waals surface area contributed by atoms with Gasteiger partial charge in [0.25, 0.3) is 22.6 Å². The van der Waals surface area contributed by atoms with Crippen LogP contribution in [-0.2, 0) is 13.7 Å². The summed E-state index contributed by atoms with van der Waals surface area (Å²) in [4.78, 5) is 26.9. The summed E-state index contributed by atoms with van der Waals surface area (Å²) >= 11 is 0. The van der Waals surface area contributed by atoms with Gasteiger partial charge in [0.2, 0.25) is 0 Å². The summed E-state index contributed by atoms with van der Waals surface area (Å²) in [6.45, 7) is 2.18. The van der Waals surface area contributed by atoms with Crippen LogP contribution in [-0.4, -0.2) is 38.9 Å². The topological polar surface area (TPSA) is 115 Å². The maximum absolute atomic E-state index is 11.0. The summed E-state index contributed by atoms with van der Waals surface area (Å²) in [5, 5.41) is 0. The summed E-state index contributed by atoms with van der Waals surface area (Å²) in [6, 6.07) is 0. The lowest BCUT2D eigenvalue weighted by Gasteiger charge is -2.28. The average molecular weight is 251 g/mol. The van der Waals surface area contributed by atoms with Gasteiger partial charge in [0.05, 0.1) is 0 Å². The predicted molar refractivity (Wildman–Crippen MR) is 49.1 cm³/mol. The Morgan fingerprint density at radius 1 is 0.769 bits per heavy atom. The Hall–Kier alpha value is 0.530. The van der Waals surface area contributed by atoms with E-state index in [-0.39, 0.29) is 4.21 Å². The molecule has 0 aromatic rings. The molecular formula is C3H12NO6P3. The van der Waals surface area contributed by atoms with Crippen molar-refractivity contribution < 1.29 is 28.4 Å². The standard InChI is InChI=1S/C3H12NO6P3/c1-11(5,6)4(12(2,7)8)13(3,9)10/h1-3H3,(H,5,6)(H,7,8)(H,9,10). The van der Waals surface area contributed by atoms with Crippen molar-refractivity contribution in [3.8, 4) is 0 Å². The molecule has 3 atom stereocenters. The summed E-state index contributed by atoms with van der Waals surface area (Å²) in [7, 11) is -12.6. The highest BCUT2D eigenvalue weighted by molar-refractivity contribution is 7.83. The molecule has 0 fully saturated rings. The molecule has 10 heteroatoms. The molecule has 7 nitrogen and oxygen atoms in total. The molecule has 0 amide bonds. The first-order valence-electron chi connectivity index (χ1n) is 3.09. The fourth-order valence-corrected chi connectivity index (χ4v) is 8.31. The highest BCUT2D eigenvalue weighted by Gasteiger charge is 2.44. The van der Waals surface area contributed by atoms with Crippen LogP contribution in [0.5, 0.6) is 0 Å². The summed E-state index contributed by atoms with van der Waals surface area (Å²) in [5.74, 6) is 0. The van der Waals surface area contributed by atoms with Crippen molar-refractivity contribution in [2.75, 3.05) is 20.0 Å². The van der Waals surface area contributed by atoms with E-state index in [0.29, 0.717) is 0 Å². The van der Waals surface area contributed by atoms with Crippen LogP contribution in [0.15, 0.2) is 0 Å². The van der Waals surface area contributed by atoms with Crippen molar-refractivity contribution in [3.05, 3.63) is 0 Å². The molecule has 80 valence electrons. The Bertz CT molecular complexity index is 268. The molecule has 0 aliphatic heterocycles. The summed E-state index contributed by atoms with van der Waals surface area (Å²) in [6.07, 6.45) is 0. The van der Waals surface area contributed by atoms with Crippen LogP contribution in [0.1, 0.15) is 0 Å². The van der Waals surface area contributed by atoms with E-state index in [1.165, 1.54) is 0 Å². The third-order valence-corrected chi connectivity index (χ3v) is 8.96. The van der Waals surface area contributed by atoms with E-state index in [1.54, 1.807) is 0 Å². The van der Waals surface area contributed by atoms with Gasteiger partial charge in [-0.2, -0.15) is 0 Å². The van der Waals surface area contributed by atoms with Gasteiger partial charge in [-0.3, -0.25) is 13.7 Å². The van der Waals surface area contributed by atoms with E-state index < -0.39 is 22.6 Å². The molecular weight excluding hydrogens is 239 g/mol. The Morgan fingerprint density at radius 2 is 0.923 bits per heavy atom. The fourth-order valence-electron chi connectivity index (χ4n) is 0.924. The van der Waals surface area contributed by atoms with Gasteiger partial charge in [0.1, 0.15) is 0 Å². The minimum absolute atomic E-state index is 0.104. The molecule has 3 N–H and O–H groups in total. The molecule has 0 saturated heterocycles. The van der Waals surface area contributed by atoms with E-state index in [2.05, 4.69) is 0 Å². The maximum atomic E-state index is 11.0. The molecule has 0 aliphatic rings. The van der Waals surface area contributed by atoms with Gasteiger partial charge in [-0.25, -0.2) is 0 Å². The highest BCUT2D eigenvalue weighted by atomic mass is 31.3. The minimum atomic E-state index is -4.21. The molecule has 0 rings (SSSR count). The largest absolute Gasteiger partial charge is 0.333 e. The first-order chi connectivity index (χ1) is 5.37. The predicted octanol–water partition coefficient (Wildman–Crippen LogP) is 0.734. The van der Waals surface area contributed by atoms with Crippen LogP contribution < -0.4 is 0 Å². The van der Waals surface area contributed by atoms with Crippen molar-refractivity contribution in [2.45, 2.75) is 0 Å². The van der Waals surface area contributed by atoms with Crippen molar-refractivity contribution in [3.63, 3.8) is 0 Å². The second kappa shape index (κ2) is 3.59. The first-order valence-corrected chi connectivity index (χ1v) is 9.27. The SMILES string of the molecule is CP(=O)(O)N(P(C)(=O)O)P(C)(=O)O. The Balaban J connectivity index is 5.42. The molecule has 0 aromatic carbocycles. The van der Waals surface area contributed by atoms with Gasteiger partial charge < -0.3 is 14.7 Å². The third kappa shape index (κ3) is 4.05. The zero-order chi connectivity index (χ0) is 11.1. The quantitative estimate of drug-likeness (QED) is 0.633. The van der Waals surface area contributed by atoms with Gasteiger partial charge >= 0.3 is 0 Å². The zero-order valence-corrected chi connectivity index (χ0v) is 10.0. The van der Waals surface area contributed by atoms with Gasteiger partial charge in [-0.15, -0.1) is 0 Å². The van der Waals surface area contributed by atoms with Gasteiger partial charge in [-0.05, 0) is 0 Å². The molecule has 3 unspecified atom stereocenters. The van der Waals surface area contributed by atoms with E-state index in [4.69, 9.17) is 14.7 Å². The Kier molecular flexibility index (Phi) is 3.74. The molecule has 0 bridgehead atoms. The van der Waals surface area contributed by atoms with Crippen LogP contribution in [0.3, 0.4) is 0 Å². The maximum Gasteiger partial charge on any atom is 0.282 e. The van der Waals surface area contributed by atoms with Crippen LogP contribution >= 0.6 is 22.6 Å². The van der Waals surface area contributed by atoms with Crippen molar-refractivity contribution >= 4 is 22.6 Å². The first kappa shape index (κ1) is 13.5. The molecule has 0 aliphatic carbocycles. The van der Waals surface area contributed by atoms with Crippen molar-refractivity contribution in [1.82, 2.24) is 4.21 Å². The number of hydrogen-bond donors (Lipinski definition) is 3. The van der Waals surface area contributed by atoms with E-state index in [9.17, 15) is 13.7 Å². The highest BCUT2D eigenvalue weighted by Crippen LogP contribution is 2.71. The third-order valence-electron chi connectivity index (χ3n) is 0.996.